The first-order valence-corrected chi connectivity index (χ1v) is 23.8. The molecule has 0 saturated heterocycles. The summed E-state index contributed by atoms with van der Waals surface area (Å²) in [4.78, 5) is 36.3. The van der Waals surface area contributed by atoms with Crippen LogP contribution in [0.4, 0.5) is 0 Å². The van der Waals surface area contributed by atoms with Crippen LogP contribution >= 0.6 is 15.9 Å². The number of aliphatic hydroxyl groups is 3. The van der Waals surface area contributed by atoms with E-state index < -0.39 is 22.4 Å². The third-order valence-electron chi connectivity index (χ3n) is 13.1. The van der Waals surface area contributed by atoms with Crippen LogP contribution < -0.4 is 16.9 Å². The van der Waals surface area contributed by atoms with E-state index in [4.69, 9.17) is 24.8 Å². The van der Waals surface area contributed by atoms with Crippen LogP contribution in [0.25, 0.3) is 65.2 Å². The minimum atomic E-state index is -0.874. The number of hydrogen-bond donors (Lipinski definition) is 4. The Balaban J connectivity index is 0.000000123. The molecule has 6 aromatic carbocycles. The summed E-state index contributed by atoms with van der Waals surface area (Å²) in [5, 5.41) is 45.3. The number of aryl methyl sites for hydroxylation is 2. The maximum Gasteiger partial charge on any atom is 0.344 e. The van der Waals surface area contributed by atoms with Gasteiger partial charge in [-0.15, -0.1) is 6.42 Å². The van der Waals surface area contributed by atoms with Crippen molar-refractivity contribution in [3.8, 4) is 41.8 Å². The van der Waals surface area contributed by atoms with Crippen molar-refractivity contribution in [1.82, 2.24) is 0 Å². The van der Waals surface area contributed by atoms with Crippen molar-refractivity contribution >= 4 is 81.2 Å². The summed E-state index contributed by atoms with van der Waals surface area (Å²) in [6.07, 6.45) is 12.5. The smallest absolute Gasteiger partial charge is 0.344 e. The lowest BCUT2D eigenvalue weighted by Gasteiger charge is -2.30. The quantitative estimate of drug-likeness (QED) is 0.0651. The van der Waals surface area contributed by atoms with Crippen molar-refractivity contribution < 1.29 is 33.7 Å². The number of terminal acetylenes is 1. The van der Waals surface area contributed by atoms with Gasteiger partial charge in [-0.1, -0.05) is 88.0 Å². The van der Waals surface area contributed by atoms with Crippen LogP contribution in [0.3, 0.4) is 0 Å². The average Bonchev–Trinajstić information content (AvgIpc) is 3.31. The predicted octanol–water partition coefficient (Wildman–Crippen LogP) is 11.0. The number of phenolic OH excluding ortho intramolecular Hbond substituents is 1. The van der Waals surface area contributed by atoms with Crippen molar-refractivity contribution in [2.45, 2.75) is 88.4 Å². The van der Waals surface area contributed by atoms with Crippen molar-refractivity contribution in [3.05, 3.63) is 167 Å². The highest BCUT2D eigenvalue weighted by Gasteiger charge is 2.33. The second-order valence-electron chi connectivity index (χ2n) is 18.4. The topological polar surface area (TPSA) is 172 Å². The van der Waals surface area contributed by atoms with Gasteiger partial charge in [0.25, 0.3) is 0 Å². The second-order valence-corrected chi connectivity index (χ2v) is 19.3. The molecule has 3 saturated carbocycles. The zero-order chi connectivity index (χ0) is 49.4. The van der Waals surface area contributed by atoms with E-state index in [1.165, 1.54) is 6.07 Å². The minimum Gasteiger partial charge on any atom is -0.508 e. The van der Waals surface area contributed by atoms with E-state index in [0.29, 0.717) is 51.3 Å². The van der Waals surface area contributed by atoms with Gasteiger partial charge in [-0.05, 0) is 149 Å². The molecule has 0 aliphatic heterocycles. The van der Waals surface area contributed by atoms with Crippen LogP contribution in [0, 0.1) is 49.9 Å². The summed E-state index contributed by atoms with van der Waals surface area (Å²) >= 11 is 3.36. The number of rotatable bonds is 0. The molecule has 3 fully saturated rings. The van der Waals surface area contributed by atoms with E-state index in [0.717, 1.165) is 98.4 Å². The SMILES string of the molecule is C#CC1(O)CCC1.Cc1ccc2c(c1)oc(=O)c1cc(Br)ccc12.Cc1ccc2c(c1)oc(=O)c1cc(C#CC3(O)CCC3)ccc12.O=c1oc2cc(O)ccc2c2ccc(C#CC3(O)CCC3)cc12. The van der Waals surface area contributed by atoms with Crippen LogP contribution in [-0.4, -0.2) is 37.2 Å². The Bertz CT molecular complexity index is 3740. The molecule has 3 aliphatic carbocycles. The van der Waals surface area contributed by atoms with Crippen molar-refractivity contribution in [3.63, 3.8) is 0 Å². The molecule has 0 spiro atoms. The van der Waals surface area contributed by atoms with Gasteiger partial charge in [-0.2, -0.15) is 0 Å². The van der Waals surface area contributed by atoms with Gasteiger partial charge in [-0.3, -0.25) is 0 Å². The van der Waals surface area contributed by atoms with E-state index in [1.807, 2.05) is 86.6 Å². The standard InChI is InChI=1S/C20H16O3.C19H14O4.C14H9BrO2.C6H8O/c1-13-3-5-16-15-6-4-14(7-10-20(22)8-2-9-20)12-17(15)19(21)23-18(16)11-13;20-13-3-5-15-14-4-2-12(6-9-19(22)7-1-8-19)10-16(14)18(21)23-17(15)11-13;1-8-2-4-11-10-5-3-9(15)7-12(10)14(16)17-13(11)6-8;1-2-6(7)4-3-5-6/h3-6,11-12,22H,2,8-9H2,1H3;2-5,10-11,20,22H,1,7-8H2;2-7H,1H3;1,7H,3-5H2. The molecule has 70 heavy (non-hydrogen) atoms. The van der Waals surface area contributed by atoms with Crippen molar-refractivity contribution in [2.75, 3.05) is 0 Å². The number of fused-ring (bicyclic) bond motifs is 9. The molecule has 4 N–H and O–H groups in total. The van der Waals surface area contributed by atoms with Gasteiger partial charge in [0.2, 0.25) is 0 Å². The maximum atomic E-state index is 12.3. The van der Waals surface area contributed by atoms with Crippen LogP contribution in [-0.2, 0) is 0 Å². The fourth-order valence-corrected chi connectivity index (χ4v) is 8.79. The molecule has 0 atom stereocenters. The Kier molecular flexibility index (Phi) is 13.0. The Hall–Kier alpha value is -7.43. The normalized spacial score (nSPS) is 15.7. The molecule has 9 aromatic rings. The van der Waals surface area contributed by atoms with E-state index in [1.54, 1.807) is 30.3 Å². The second kappa shape index (κ2) is 19.2. The highest BCUT2D eigenvalue weighted by molar-refractivity contribution is 9.10. The number of hydrogen-bond acceptors (Lipinski definition) is 10. The van der Waals surface area contributed by atoms with Gasteiger partial charge in [0.15, 0.2) is 0 Å². The van der Waals surface area contributed by atoms with E-state index in [-0.39, 0.29) is 17.0 Å². The largest absolute Gasteiger partial charge is 0.508 e. The molecule has 0 unspecified atom stereocenters. The van der Waals surface area contributed by atoms with Gasteiger partial charge < -0.3 is 33.7 Å². The van der Waals surface area contributed by atoms with Crippen molar-refractivity contribution in [1.29, 1.82) is 0 Å². The van der Waals surface area contributed by atoms with Crippen LogP contribution in [0.5, 0.6) is 5.75 Å². The third-order valence-corrected chi connectivity index (χ3v) is 13.6. The summed E-state index contributed by atoms with van der Waals surface area (Å²) in [5.41, 5.74) is 1.57. The molecule has 0 amide bonds. The molecule has 11 heteroatoms. The first-order valence-electron chi connectivity index (χ1n) is 23.0. The molecule has 0 bridgehead atoms. The lowest BCUT2D eigenvalue weighted by atomic mass is 9.81. The molecule has 3 aromatic heterocycles. The highest BCUT2D eigenvalue weighted by Crippen LogP contribution is 2.33. The summed E-state index contributed by atoms with van der Waals surface area (Å²) < 4.78 is 16.9. The first-order chi connectivity index (χ1) is 33.5. The predicted molar refractivity (Wildman–Crippen MR) is 278 cm³/mol. The fraction of sp³-hybridized carbons (Fsp3) is 0.237. The number of aromatic hydroxyl groups is 1. The Morgan fingerprint density at radius 1 is 0.471 bits per heavy atom. The summed E-state index contributed by atoms with van der Waals surface area (Å²) in [7, 11) is 0. The molecule has 12 rings (SSSR count). The summed E-state index contributed by atoms with van der Waals surface area (Å²) in [6.45, 7) is 3.94. The summed E-state index contributed by atoms with van der Waals surface area (Å²) in [6, 6.07) is 33.0. The monoisotopic (exact) mass is 994 g/mol. The fourth-order valence-electron chi connectivity index (χ4n) is 8.43. The zero-order valence-electron chi connectivity index (χ0n) is 38.4. The number of phenols is 1. The Morgan fingerprint density at radius 2 is 0.843 bits per heavy atom. The highest BCUT2D eigenvalue weighted by atomic mass is 79.9. The van der Waals surface area contributed by atoms with Crippen LogP contribution in [0.1, 0.15) is 80.0 Å². The van der Waals surface area contributed by atoms with Gasteiger partial charge >= 0.3 is 16.9 Å². The average molecular weight is 996 g/mol. The van der Waals surface area contributed by atoms with Gasteiger partial charge in [0.1, 0.15) is 39.3 Å². The van der Waals surface area contributed by atoms with Gasteiger partial charge in [0.05, 0.1) is 16.2 Å². The summed E-state index contributed by atoms with van der Waals surface area (Å²) in [5.74, 6) is 14.1. The lowest BCUT2D eigenvalue weighted by molar-refractivity contribution is 0.0236. The van der Waals surface area contributed by atoms with E-state index >= 15 is 0 Å². The third kappa shape index (κ3) is 10.1. The minimum absolute atomic E-state index is 0.0521. The maximum absolute atomic E-state index is 12.3. The molecule has 3 aliphatic rings. The van der Waals surface area contributed by atoms with E-state index in [2.05, 4.69) is 45.5 Å². The van der Waals surface area contributed by atoms with Crippen LogP contribution in [0.2, 0.25) is 0 Å². The van der Waals surface area contributed by atoms with Crippen LogP contribution in [0.15, 0.2) is 141 Å². The Labute approximate surface area is 410 Å². The number of halogens is 1. The lowest BCUT2D eigenvalue weighted by Crippen LogP contribution is -2.34. The molecule has 3 heterocycles. The molecular weight excluding hydrogens is 949 g/mol. The zero-order valence-corrected chi connectivity index (χ0v) is 40.0. The molecular formula is C59H47BrO10. The van der Waals surface area contributed by atoms with Crippen molar-refractivity contribution in [2.24, 2.45) is 0 Å². The first kappa shape index (κ1) is 47.6. The van der Waals surface area contributed by atoms with E-state index in [9.17, 15) is 29.7 Å². The van der Waals surface area contributed by atoms with Gasteiger partial charge in [0, 0.05) is 48.6 Å². The molecule has 10 nitrogen and oxygen atoms in total. The Morgan fingerprint density at radius 3 is 1.23 bits per heavy atom. The number of benzene rings is 6. The molecule has 350 valence electrons. The van der Waals surface area contributed by atoms with Gasteiger partial charge in [-0.25, -0.2) is 14.4 Å². The molecule has 0 radical (unpaired) electrons.